The molecule has 0 radical (unpaired) electrons. The Hall–Kier alpha value is -1.60. The van der Waals surface area contributed by atoms with Crippen LogP contribution in [-0.4, -0.2) is 19.1 Å². The van der Waals surface area contributed by atoms with Gasteiger partial charge < -0.3 is 10.6 Å². The molecule has 2 N–H and O–H groups in total. The molecule has 2 atom stereocenters. The molecule has 1 aromatic rings. The van der Waals surface area contributed by atoms with Gasteiger partial charge in [0.1, 0.15) is 5.82 Å². The summed E-state index contributed by atoms with van der Waals surface area (Å²) in [7, 11) is 0. The van der Waals surface area contributed by atoms with Gasteiger partial charge in [-0.1, -0.05) is 6.92 Å². The lowest BCUT2D eigenvalue weighted by molar-refractivity contribution is 0.377. The molecule has 3 nitrogen and oxygen atoms in total. The molecule has 0 spiro atoms. The minimum Gasteiger partial charge on any atom is -0.368 e. The van der Waals surface area contributed by atoms with E-state index in [9.17, 15) is 4.39 Å². The van der Waals surface area contributed by atoms with Crippen molar-refractivity contribution in [3.8, 4) is 6.07 Å². The van der Waals surface area contributed by atoms with Crippen LogP contribution in [0.3, 0.4) is 0 Å². The van der Waals surface area contributed by atoms with Gasteiger partial charge in [0, 0.05) is 19.1 Å². The first-order valence-electron chi connectivity index (χ1n) is 5.82. The molecule has 2 unspecified atom stereocenters. The first kappa shape index (κ1) is 11.9. The maximum atomic E-state index is 13.8. The average Bonchev–Trinajstić information content (AvgIpc) is 2.32. The Morgan fingerprint density at radius 2 is 2.29 bits per heavy atom. The van der Waals surface area contributed by atoms with Crippen molar-refractivity contribution in [3.63, 3.8) is 0 Å². The summed E-state index contributed by atoms with van der Waals surface area (Å²) >= 11 is 0. The molecule has 1 aliphatic heterocycles. The summed E-state index contributed by atoms with van der Waals surface area (Å²) in [5.41, 5.74) is 6.89. The maximum absolute atomic E-state index is 13.8. The molecular weight excluding hydrogens is 217 g/mol. The number of hydrogen-bond acceptors (Lipinski definition) is 3. The Bertz CT molecular complexity index is 452. The van der Waals surface area contributed by atoms with E-state index >= 15 is 0 Å². The predicted molar refractivity (Wildman–Crippen MR) is 65.1 cm³/mol. The fourth-order valence-corrected chi connectivity index (χ4v) is 2.15. The van der Waals surface area contributed by atoms with E-state index < -0.39 is 0 Å². The number of nitriles is 1. The molecule has 0 bridgehead atoms. The minimum atomic E-state index is -0.342. The number of piperidine rings is 1. The van der Waals surface area contributed by atoms with E-state index in [1.54, 1.807) is 12.1 Å². The maximum Gasteiger partial charge on any atom is 0.147 e. The van der Waals surface area contributed by atoms with E-state index in [-0.39, 0.29) is 11.9 Å². The molecule has 0 saturated carbocycles. The molecule has 1 aliphatic rings. The SMILES string of the molecule is CC1CCN(c2ccc(C#N)cc2F)CC1N. The zero-order chi connectivity index (χ0) is 12.4. The molecular formula is C13H16FN3. The third-order valence-electron chi connectivity index (χ3n) is 3.43. The van der Waals surface area contributed by atoms with E-state index in [1.165, 1.54) is 6.07 Å². The number of benzene rings is 1. The van der Waals surface area contributed by atoms with Gasteiger partial charge in [-0.2, -0.15) is 5.26 Å². The van der Waals surface area contributed by atoms with E-state index in [1.807, 2.05) is 11.0 Å². The van der Waals surface area contributed by atoms with Crippen LogP contribution in [0, 0.1) is 23.1 Å². The van der Waals surface area contributed by atoms with E-state index in [0.717, 1.165) is 13.0 Å². The number of nitrogens with two attached hydrogens (primary N) is 1. The van der Waals surface area contributed by atoms with Gasteiger partial charge in [0.25, 0.3) is 0 Å². The highest BCUT2D eigenvalue weighted by molar-refractivity contribution is 5.51. The van der Waals surface area contributed by atoms with E-state index in [2.05, 4.69) is 6.92 Å². The standard InChI is InChI=1S/C13H16FN3/c1-9-4-5-17(8-12(9)16)13-3-2-10(7-15)6-11(13)14/h2-3,6,9,12H,4-5,8,16H2,1H3. The summed E-state index contributed by atoms with van der Waals surface area (Å²) in [4.78, 5) is 1.96. The number of nitrogens with zero attached hydrogens (tertiary/aromatic N) is 2. The van der Waals surface area contributed by atoms with Crippen molar-refractivity contribution in [1.82, 2.24) is 0 Å². The van der Waals surface area contributed by atoms with Crippen molar-refractivity contribution in [2.45, 2.75) is 19.4 Å². The summed E-state index contributed by atoms with van der Waals surface area (Å²) in [5, 5.41) is 8.69. The normalized spacial score (nSPS) is 24.5. The highest BCUT2D eigenvalue weighted by atomic mass is 19.1. The van der Waals surface area contributed by atoms with Crippen LogP contribution in [0.15, 0.2) is 18.2 Å². The van der Waals surface area contributed by atoms with Gasteiger partial charge in [0.15, 0.2) is 0 Å². The Kier molecular flexibility index (Phi) is 3.30. The van der Waals surface area contributed by atoms with Crippen molar-refractivity contribution >= 4 is 5.69 Å². The zero-order valence-electron chi connectivity index (χ0n) is 9.86. The number of halogens is 1. The minimum absolute atomic E-state index is 0.0822. The van der Waals surface area contributed by atoms with Crippen molar-refractivity contribution in [1.29, 1.82) is 5.26 Å². The lowest BCUT2D eigenvalue weighted by Crippen LogP contribution is -2.47. The van der Waals surface area contributed by atoms with Crippen LogP contribution >= 0.6 is 0 Å². The first-order valence-corrected chi connectivity index (χ1v) is 5.82. The number of hydrogen-bond donors (Lipinski definition) is 1. The van der Waals surface area contributed by atoms with Crippen LogP contribution in [0.2, 0.25) is 0 Å². The molecule has 0 aromatic heterocycles. The van der Waals surface area contributed by atoms with Crippen LogP contribution in [0.4, 0.5) is 10.1 Å². The molecule has 1 fully saturated rings. The smallest absolute Gasteiger partial charge is 0.147 e. The molecule has 2 rings (SSSR count). The largest absolute Gasteiger partial charge is 0.368 e. The quantitative estimate of drug-likeness (QED) is 0.805. The average molecular weight is 233 g/mol. The molecule has 1 heterocycles. The lowest BCUT2D eigenvalue weighted by Gasteiger charge is -2.36. The van der Waals surface area contributed by atoms with Gasteiger partial charge in [0.05, 0.1) is 17.3 Å². The molecule has 0 amide bonds. The zero-order valence-corrected chi connectivity index (χ0v) is 9.86. The first-order chi connectivity index (χ1) is 8.11. The van der Waals surface area contributed by atoms with Crippen LogP contribution < -0.4 is 10.6 Å². The van der Waals surface area contributed by atoms with Gasteiger partial charge in [-0.3, -0.25) is 0 Å². The summed E-state index contributed by atoms with van der Waals surface area (Å²) in [6.45, 7) is 3.61. The highest BCUT2D eigenvalue weighted by Crippen LogP contribution is 2.25. The fraction of sp³-hybridized carbons (Fsp3) is 0.462. The Morgan fingerprint density at radius 1 is 1.53 bits per heavy atom. The van der Waals surface area contributed by atoms with Crippen molar-refractivity contribution in [2.75, 3.05) is 18.0 Å². The summed E-state index contributed by atoms with van der Waals surface area (Å²) < 4.78 is 13.8. The Morgan fingerprint density at radius 3 is 2.88 bits per heavy atom. The third kappa shape index (κ3) is 2.40. The topological polar surface area (TPSA) is 53.0 Å². The van der Waals surface area contributed by atoms with Gasteiger partial charge in [-0.05, 0) is 30.5 Å². The van der Waals surface area contributed by atoms with Crippen molar-refractivity contribution < 1.29 is 4.39 Å². The molecule has 0 aliphatic carbocycles. The second kappa shape index (κ2) is 4.72. The molecule has 4 heteroatoms. The predicted octanol–water partition coefficient (Wildman–Crippen LogP) is 1.87. The van der Waals surface area contributed by atoms with Crippen LogP contribution in [0.1, 0.15) is 18.9 Å². The molecule has 1 aromatic carbocycles. The molecule has 1 saturated heterocycles. The summed E-state index contributed by atoms with van der Waals surface area (Å²) in [6.07, 6.45) is 0.973. The second-order valence-electron chi connectivity index (χ2n) is 4.65. The summed E-state index contributed by atoms with van der Waals surface area (Å²) in [5.74, 6) is 0.137. The van der Waals surface area contributed by atoms with Crippen LogP contribution in [0.5, 0.6) is 0 Å². The highest BCUT2D eigenvalue weighted by Gasteiger charge is 2.24. The van der Waals surface area contributed by atoms with Gasteiger partial charge in [0.2, 0.25) is 0 Å². The molecule has 90 valence electrons. The number of rotatable bonds is 1. The monoisotopic (exact) mass is 233 g/mol. The Balaban J connectivity index is 2.21. The summed E-state index contributed by atoms with van der Waals surface area (Å²) in [6, 6.07) is 6.59. The second-order valence-corrected chi connectivity index (χ2v) is 4.65. The van der Waals surface area contributed by atoms with Crippen LogP contribution in [0.25, 0.3) is 0 Å². The van der Waals surface area contributed by atoms with E-state index in [4.69, 9.17) is 11.0 Å². The Labute approximate surface area is 101 Å². The van der Waals surface area contributed by atoms with Gasteiger partial charge in [-0.25, -0.2) is 4.39 Å². The van der Waals surface area contributed by atoms with Gasteiger partial charge in [-0.15, -0.1) is 0 Å². The van der Waals surface area contributed by atoms with Crippen molar-refractivity contribution in [3.05, 3.63) is 29.6 Å². The third-order valence-corrected chi connectivity index (χ3v) is 3.43. The van der Waals surface area contributed by atoms with Crippen molar-refractivity contribution in [2.24, 2.45) is 11.7 Å². The molecule has 17 heavy (non-hydrogen) atoms. The van der Waals surface area contributed by atoms with E-state index in [0.29, 0.717) is 23.7 Å². The van der Waals surface area contributed by atoms with Crippen LogP contribution in [-0.2, 0) is 0 Å². The van der Waals surface area contributed by atoms with Gasteiger partial charge >= 0.3 is 0 Å². The fourth-order valence-electron chi connectivity index (χ4n) is 2.15. The lowest BCUT2D eigenvalue weighted by atomic mass is 9.94. The number of anilines is 1.